The third kappa shape index (κ3) is 4.79. The fourth-order valence-electron chi connectivity index (χ4n) is 2.73. The molecular formula is C16H26N2. The summed E-state index contributed by atoms with van der Waals surface area (Å²) in [6.45, 7) is 8.46. The van der Waals surface area contributed by atoms with Gasteiger partial charge in [-0.25, -0.2) is 0 Å². The minimum atomic E-state index is 0.780. The molecule has 2 rings (SSSR count). The summed E-state index contributed by atoms with van der Waals surface area (Å²) >= 11 is 0. The topological polar surface area (TPSA) is 15.3 Å². The maximum atomic E-state index is 3.51. The first-order valence-electron chi connectivity index (χ1n) is 7.31. The fraction of sp³-hybridized carbons (Fsp3) is 0.625. The van der Waals surface area contributed by atoms with E-state index in [1.807, 2.05) is 0 Å². The molecule has 0 saturated carbocycles. The quantitative estimate of drug-likeness (QED) is 0.878. The SMILES string of the molecule is CC1CNCCCN(CCCc2ccccc2)C1. The molecule has 1 N–H and O–H groups in total. The van der Waals surface area contributed by atoms with Crippen LogP contribution < -0.4 is 5.32 Å². The van der Waals surface area contributed by atoms with E-state index < -0.39 is 0 Å². The summed E-state index contributed by atoms with van der Waals surface area (Å²) in [5, 5.41) is 3.51. The predicted molar refractivity (Wildman–Crippen MR) is 77.9 cm³/mol. The summed E-state index contributed by atoms with van der Waals surface area (Å²) in [5.74, 6) is 0.780. The van der Waals surface area contributed by atoms with Crippen LogP contribution in [-0.4, -0.2) is 37.6 Å². The maximum Gasteiger partial charge on any atom is 0.00192 e. The van der Waals surface area contributed by atoms with Gasteiger partial charge in [0.25, 0.3) is 0 Å². The van der Waals surface area contributed by atoms with Gasteiger partial charge >= 0.3 is 0 Å². The van der Waals surface area contributed by atoms with Gasteiger partial charge in [-0.1, -0.05) is 37.3 Å². The minimum absolute atomic E-state index is 0.780. The van der Waals surface area contributed by atoms with E-state index in [9.17, 15) is 0 Å². The fourth-order valence-corrected chi connectivity index (χ4v) is 2.73. The number of nitrogens with zero attached hydrogens (tertiary/aromatic N) is 1. The van der Waals surface area contributed by atoms with Gasteiger partial charge in [0.2, 0.25) is 0 Å². The number of rotatable bonds is 4. The molecule has 0 aromatic heterocycles. The lowest BCUT2D eigenvalue weighted by molar-refractivity contribution is 0.214. The van der Waals surface area contributed by atoms with Gasteiger partial charge in [-0.3, -0.25) is 0 Å². The Hall–Kier alpha value is -0.860. The highest BCUT2D eigenvalue weighted by Gasteiger charge is 2.12. The summed E-state index contributed by atoms with van der Waals surface area (Å²) in [4.78, 5) is 2.65. The Morgan fingerprint density at radius 3 is 2.94 bits per heavy atom. The van der Waals surface area contributed by atoms with Gasteiger partial charge in [-0.05, 0) is 56.9 Å². The van der Waals surface area contributed by atoms with Crippen molar-refractivity contribution < 1.29 is 0 Å². The molecule has 1 fully saturated rings. The Bertz CT molecular complexity index is 323. The van der Waals surface area contributed by atoms with Crippen molar-refractivity contribution in [3.05, 3.63) is 35.9 Å². The first kappa shape index (κ1) is 13.6. The first-order chi connectivity index (χ1) is 8.84. The van der Waals surface area contributed by atoms with Crippen LogP contribution in [0.15, 0.2) is 30.3 Å². The van der Waals surface area contributed by atoms with Crippen LogP contribution in [0.4, 0.5) is 0 Å². The average molecular weight is 246 g/mol. The number of aryl methyl sites for hydroxylation is 1. The monoisotopic (exact) mass is 246 g/mol. The van der Waals surface area contributed by atoms with Crippen LogP contribution in [0.1, 0.15) is 25.3 Å². The average Bonchev–Trinajstić information content (AvgIpc) is 2.36. The van der Waals surface area contributed by atoms with Crippen LogP contribution in [0.2, 0.25) is 0 Å². The van der Waals surface area contributed by atoms with Crippen molar-refractivity contribution in [2.45, 2.75) is 26.2 Å². The van der Waals surface area contributed by atoms with Gasteiger partial charge in [0.15, 0.2) is 0 Å². The lowest BCUT2D eigenvalue weighted by atomic mass is 10.1. The molecule has 1 aliphatic heterocycles. The van der Waals surface area contributed by atoms with Crippen LogP contribution in [0.3, 0.4) is 0 Å². The zero-order valence-corrected chi connectivity index (χ0v) is 11.6. The molecular weight excluding hydrogens is 220 g/mol. The van der Waals surface area contributed by atoms with Crippen molar-refractivity contribution in [1.82, 2.24) is 10.2 Å². The maximum absolute atomic E-state index is 3.51. The predicted octanol–water partition coefficient (Wildman–Crippen LogP) is 2.55. The van der Waals surface area contributed by atoms with E-state index in [-0.39, 0.29) is 0 Å². The van der Waals surface area contributed by atoms with Crippen molar-refractivity contribution in [2.75, 3.05) is 32.7 Å². The zero-order chi connectivity index (χ0) is 12.6. The second-order valence-corrected chi connectivity index (χ2v) is 5.55. The van der Waals surface area contributed by atoms with E-state index in [1.54, 1.807) is 0 Å². The molecule has 1 heterocycles. The Morgan fingerprint density at radius 1 is 1.28 bits per heavy atom. The van der Waals surface area contributed by atoms with Crippen LogP contribution in [0, 0.1) is 5.92 Å². The lowest BCUT2D eigenvalue weighted by Crippen LogP contribution is -2.39. The van der Waals surface area contributed by atoms with Gasteiger partial charge in [0, 0.05) is 6.54 Å². The normalized spacial score (nSPS) is 22.4. The molecule has 1 aliphatic rings. The van der Waals surface area contributed by atoms with Crippen molar-refractivity contribution in [1.29, 1.82) is 0 Å². The molecule has 1 aromatic carbocycles. The van der Waals surface area contributed by atoms with Crippen molar-refractivity contribution in [3.8, 4) is 0 Å². The Balaban J connectivity index is 1.71. The van der Waals surface area contributed by atoms with Crippen LogP contribution in [0.25, 0.3) is 0 Å². The summed E-state index contributed by atoms with van der Waals surface area (Å²) in [6.07, 6.45) is 3.78. The number of hydrogen-bond acceptors (Lipinski definition) is 2. The van der Waals surface area contributed by atoms with E-state index in [0.29, 0.717) is 0 Å². The van der Waals surface area contributed by atoms with Gasteiger partial charge in [-0.2, -0.15) is 0 Å². The molecule has 1 atom stereocenters. The molecule has 0 aliphatic carbocycles. The molecule has 0 spiro atoms. The summed E-state index contributed by atoms with van der Waals surface area (Å²) in [7, 11) is 0. The summed E-state index contributed by atoms with van der Waals surface area (Å²) < 4.78 is 0. The highest BCUT2D eigenvalue weighted by atomic mass is 15.1. The molecule has 1 aromatic rings. The largest absolute Gasteiger partial charge is 0.316 e. The Morgan fingerprint density at radius 2 is 2.11 bits per heavy atom. The van der Waals surface area contributed by atoms with Crippen LogP contribution in [0.5, 0.6) is 0 Å². The van der Waals surface area contributed by atoms with E-state index in [0.717, 1.165) is 5.92 Å². The third-order valence-corrected chi connectivity index (χ3v) is 3.67. The number of hydrogen-bond donors (Lipinski definition) is 1. The highest BCUT2D eigenvalue weighted by Crippen LogP contribution is 2.07. The van der Waals surface area contributed by atoms with E-state index in [1.165, 1.54) is 57.5 Å². The van der Waals surface area contributed by atoms with Crippen molar-refractivity contribution in [2.24, 2.45) is 5.92 Å². The van der Waals surface area contributed by atoms with Crippen molar-refractivity contribution in [3.63, 3.8) is 0 Å². The van der Waals surface area contributed by atoms with Gasteiger partial charge < -0.3 is 10.2 Å². The standard InChI is InChI=1S/C16H26N2/c1-15-13-17-10-6-12-18(14-15)11-5-9-16-7-3-2-4-8-16/h2-4,7-8,15,17H,5-6,9-14H2,1H3. The molecule has 1 unspecified atom stereocenters. The summed E-state index contributed by atoms with van der Waals surface area (Å²) in [5.41, 5.74) is 1.47. The van der Waals surface area contributed by atoms with Crippen LogP contribution in [-0.2, 0) is 6.42 Å². The Kier molecular flexibility index (Phi) is 5.69. The molecule has 2 nitrogen and oxygen atoms in total. The summed E-state index contributed by atoms with van der Waals surface area (Å²) in [6, 6.07) is 10.8. The minimum Gasteiger partial charge on any atom is -0.316 e. The third-order valence-electron chi connectivity index (χ3n) is 3.67. The molecule has 100 valence electrons. The van der Waals surface area contributed by atoms with Gasteiger partial charge in [-0.15, -0.1) is 0 Å². The number of benzene rings is 1. The van der Waals surface area contributed by atoms with Crippen LogP contribution >= 0.6 is 0 Å². The second kappa shape index (κ2) is 7.55. The van der Waals surface area contributed by atoms with E-state index in [2.05, 4.69) is 47.5 Å². The molecule has 18 heavy (non-hydrogen) atoms. The van der Waals surface area contributed by atoms with Gasteiger partial charge in [0.05, 0.1) is 0 Å². The molecule has 0 bridgehead atoms. The van der Waals surface area contributed by atoms with E-state index in [4.69, 9.17) is 0 Å². The number of nitrogens with one attached hydrogen (secondary N) is 1. The van der Waals surface area contributed by atoms with Gasteiger partial charge in [0.1, 0.15) is 0 Å². The molecule has 0 radical (unpaired) electrons. The molecule has 2 heteroatoms. The Labute approximate surface area is 111 Å². The lowest BCUT2D eigenvalue weighted by Gasteiger charge is -2.28. The van der Waals surface area contributed by atoms with E-state index >= 15 is 0 Å². The second-order valence-electron chi connectivity index (χ2n) is 5.55. The first-order valence-corrected chi connectivity index (χ1v) is 7.31. The highest BCUT2D eigenvalue weighted by molar-refractivity contribution is 5.14. The smallest absolute Gasteiger partial charge is 0.00192 e. The molecule has 0 amide bonds. The molecule has 1 saturated heterocycles. The zero-order valence-electron chi connectivity index (χ0n) is 11.6. The van der Waals surface area contributed by atoms with Crippen molar-refractivity contribution >= 4 is 0 Å².